The Morgan fingerprint density at radius 2 is 1.90 bits per heavy atom. The lowest BCUT2D eigenvalue weighted by atomic mass is 9.69. The van der Waals surface area contributed by atoms with Gasteiger partial charge in [-0.2, -0.15) is 0 Å². The third-order valence-corrected chi connectivity index (χ3v) is 4.67. The van der Waals surface area contributed by atoms with Crippen molar-refractivity contribution >= 4 is 0 Å². The molecule has 1 nitrogen and oxygen atoms in total. The number of nitrogens with one attached hydrogen (secondary N) is 1. The molecule has 0 aromatic heterocycles. The van der Waals surface area contributed by atoms with Crippen LogP contribution in [0.25, 0.3) is 0 Å². The summed E-state index contributed by atoms with van der Waals surface area (Å²) in [5.41, 5.74) is 2.78. The summed E-state index contributed by atoms with van der Waals surface area (Å²) in [5.74, 6) is -0.121. The number of rotatable bonds is 5. The molecule has 0 unspecified atom stereocenters. The van der Waals surface area contributed by atoms with Crippen molar-refractivity contribution in [3.8, 4) is 0 Å². The minimum absolute atomic E-state index is 0.121. The SMILES string of the molecule is Cc1cc(F)ccc1CC1(CNC(C)C)CCCCC1. The van der Waals surface area contributed by atoms with Gasteiger partial charge in [0, 0.05) is 12.6 Å². The molecule has 2 rings (SSSR count). The summed E-state index contributed by atoms with van der Waals surface area (Å²) in [4.78, 5) is 0. The summed E-state index contributed by atoms with van der Waals surface area (Å²) in [5, 5.41) is 3.63. The van der Waals surface area contributed by atoms with E-state index in [0.717, 1.165) is 18.5 Å². The Balaban J connectivity index is 2.14. The van der Waals surface area contributed by atoms with E-state index >= 15 is 0 Å². The first-order chi connectivity index (χ1) is 9.51. The molecule has 0 atom stereocenters. The van der Waals surface area contributed by atoms with Crippen molar-refractivity contribution in [2.75, 3.05) is 6.54 Å². The van der Waals surface area contributed by atoms with Crippen LogP contribution >= 0.6 is 0 Å². The molecule has 1 aliphatic carbocycles. The summed E-state index contributed by atoms with van der Waals surface area (Å²) in [7, 11) is 0. The molecule has 20 heavy (non-hydrogen) atoms. The molecule has 1 aliphatic rings. The molecule has 1 aromatic rings. The highest BCUT2D eigenvalue weighted by Crippen LogP contribution is 2.39. The van der Waals surface area contributed by atoms with Gasteiger partial charge in [0.05, 0.1) is 0 Å². The van der Waals surface area contributed by atoms with Gasteiger partial charge >= 0.3 is 0 Å². The molecule has 1 N–H and O–H groups in total. The molecular formula is C18H28FN. The second-order valence-electron chi connectivity index (χ2n) is 6.84. The summed E-state index contributed by atoms with van der Waals surface area (Å²) in [6.45, 7) is 7.53. The van der Waals surface area contributed by atoms with Crippen molar-refractivity contribution in [3.63, 3.8) is 0 Å². The summed E-state index contributed by atoms with van der Waals surface area (Å²) < 4.78 is 13.3. The smallest absolute Gasteiger partial charge is 0.123 e. The van der Waals surface area contributed by atoms with Gasteiger partial charge in [-0.15, -0.1) is 0 Å². The third-order valence-electron chi connectivity index (χ3n) is 4.67. The zero-order chi connectivity index (χ0) is 14.6. The molecule has 0 bridgehead atoms. The molecule has 1 saturated carbocycles. The molecule has 0 amide bonds. The van der Waals surface area contributed by atoms with E-state index in [1.807, 2.05) is 13.0 Å². The van der Waals surface area contributed by atoms with Gasteiger partial charge in [0.25, 0.3) is 0 Å². The van der Waals surface area contributed by atoms with Gasteiger partial charge in [0.2, 0.25) is 0 Å². The van der Waals surface area contributed by atoms with Crippen molar-refractivity contribution in [2.45, 2.75) is 65.3 Å². The largest absolute Gasteiger partial charge is 0.314 e. The van der Waals surface area contributed by atoms with E-state index in [1.54, 1.807) is 12.1 Å². The predicted octanol–water partition coefficient (Wildman–Crippen LogP) is 4.63. The monoisotopic (exact) mass is 277 g/mol. The Morgan fingerprint density at radius 1 is 1.20 bits per heavy atom. The molecule has 1 aromatic carbocycles. The molecule has 0 heterocycles. The molecule has 0 aliphatic heterocycles. The number of halogens is 1. The molecule has 0 spiro atoms. The third kappa shape index (κ3) is 4.05. The van der Waals surface area contributed by atoms with E-state index in [-0.39, 0.29) is 5.82 Å². The van der Waals surface area contributed by atoms with E-state index in [9.17, 15) is 4.39 Å². The fourth-order valence-corrected chi connectivity index (χ4v) is 3.40. The molecular weight excluding hydrogens is 249 g/mol. The van der Waals surface area contributed by atoms with Gasteiger partial charge < -0.3 is 5.32 Å². The normalized spacial score (nSPS) is 18.4. The van der Waals surface area contributed by atoms with E-state index in [2.05, 4.69) is 19.2 Å². The van der Waals surface area contributed by atoms with Crippen LogP contribution < -0.4 is 5.32 Å². The number of hydrogen-bond donors (Lipinski definition) is 1. The van der Waals surface area contributed by atoms with Crippen molar-refractivity contribution < 1.29 is 4.39 Å². The average molecular weight is 277 g/mol. The van der Waals surface area contributed by atoms with Crippen LogP contribution in [-0.4, -0.2) is 12.6 Å². The van der Waals surface area contributed by atoms with Gasteiger partial charge in [0.1, 0.15) is 5.82 Å². The number of benzene rings is 1. The van der Waals surface area contributed by atoms with Gasteiger partial charge in [-0.25, -0.2) is 4.39 Å². The van der Waals surface area contributed by atoms with Crippen molar-refractivity contribution in [3.05, 3.63) is 35.1 Å². The lowest BCUT2D eigenvalue weighted by molar-refractivity contribution is 0.176. The fraction of sp³-hybridized carbons (Fsp3) is 0.667. The Labute approximate surface area is 123 Å². The Hall–Kier alpha value is -0.890. The van der Waals surface area contributed by atoms with E-state index < -0.39 is 0 Å². The fourth-order valence-electron chi connectivity index (χ4n) is 3.40. The lowest BCUT2D eigenvalue weighted by Gasteiger charge is -2.39. The predicted molar refractivity (Wildman–Crippen MR) is 83.5 cm³/mol. The van der Waals surface area contributed by atoms with Crippen LogP contribution in [-0.2, 0) is 6.42 Å². The maximum atomic E-state index is 13.3. The van der Waals surface area contributed by atoms with Crippen molar-refractivity contribution in [1.29, 1.82) is 0 Å². The maximum absolute atomic E-state index is 13.3. The first-order valence-electron chi connectivity index (χ1n) is 7.99. The highest BCUT2D eigenvalue weighted by Gasteiger charge is 2.32. The number of hydrogen-bond acceptors (Lipinski definition) is 1. The zero-order valence-corrected chi connectivity index (χ0v) is 13.1. The standard InChI is InChI=1S/C18H28FN/c1-14(2)20-13-18(9-5-4-6-10-18)12-16-7-8-17(19)11-15(16)3/h7-8,11,14,20H,4-6,9-10,12-13H2,1-3H3. The first-order valence-corrected chi connectivity index (χ1v) is 7.99. The first kappa shape index (κ1) is 15.5. The number of aryl methyl sites for hydroxylation is 1. The van der Waals surface area contributed by atoms with Gasteiger partial charge in [-0.3, -0.25) is 0 Å². The second-order valence-corrected chi connectivity index (χ2v) is 6.84. The topological polar surface area (TPSA) is 12.0 Å². The van der Waals surface area contributed by atoms with Crippen LogP contribution in [0.3, 0.4) is 0 Å². The average Bonchev–Trinajstić information content (AvgIpc) is 2.41. The van der Waals surface area contributed by atoms with Crippen LogP contribution in [0.2, 0.25) is 0 Å². The van der Waals surface area contributed by atoms with Crippen molar-refractivity contribution in [2.24, 2.45) is 5.41 Å². The molecule has 0 radical (unpaired) electrons. The van der Waals surface area contributed by atoms with Crippen LogP contribution in [0.15, 0.2) is 18.2 Å². The highest BCUT2D eigenvalue weighted by atomic mass is 19.1. The lowest BCUT2D eigenvalue weighted by Crippen LogP contribution is -2.40. The second kappa shape index (κ2) is 6.71. The molecule has 0 saturated heterocycles. The quantitative estimate of drug-likeness (QED) is 0.827. The van der Waals surface area contributed by atoms with E-state index in [4.69, 9.17) is 0 Å². The van der Waals surface area contributed by atoms with Gasteiger partial charge in [0.15, 0.2) is 0 Å². The van der Waals surface area contributed by atoms with Crippen LogP contribution in [0, 0.1) is 18.2 Å². The minimum Gasteiger partial charge on any atom is -0.314 e. The summed E-state index contributed by atoms with van der Waals surface area (Å²) in [6.07, 6.45) is 7.71. The molecule has 112 valence electrons. The van der Waals surface area contributed by atoms with E-state index in [0.29, 0.717) is 11.5 Å². The highest BCUT2D eigenvalue weighted by molar-refractivity contribution is 5.28. The maximum Gasteiger partial charge on any atom is 0.123 e. The Kier molecular flexibility index (Phi) is 5.20. The van der Waals surface area contributed by atoms with Crippen LogP contribution in [0.5, 0.6) is 0 Å². The van der Waals surface area contributed by atoms with Crippen LogP contribution in [0.1, 0.15) is 57.1 Å². The Morgan fingerprint density at radius 3 is 2.50 bits per heavy atom. The van der Waals surface area contributed by atoms with Gasteiger partial charge in [-0.05, 0) is 54.9 Å². The van der Waals surface area contributed by atoms with Crippen molar-refractivity contribution in [1.82, 2.24) is 5.32 Å². The Bertz CT molecular complexity index is 433. The summed E-state index contributed by atoms with van der Waals surface area (Å²) in [6, 6.07) is 5.79. The summed E-state index contributed by atoms with van der Waals surface area (Å²) >= 11 is 0. The molecule has 2 heteroatoms. The minimum atomic E-state index is -0.121. The van der Waals surface area contributed by atoms with Crippen LogP contribution in [0.4, 0.5) is 4.39 Å². The molecule has 1 fully saturated rings. The van der Waals surface area contributed by atoms with Gasteiger partial charge in [-0.1, -0.05) is 39.2 Å². The van der Waals surface area contributed by atoms with E-state index in [1.165, 1.54) is 37.7 Å². The zero-order valence-electron chi connectivity index (χ0n) is 13.1.